The van der Waals surface area contributed by atoms with E-state index in [0.29, 0.717) is 31.4 Å². The van der Waals surface area contributed by atoms with Crippen molar-refractivity contribution in [1.29, 1.82) is 0 Å². The molecule has 5 heterocycles. The van der Waals surface area contributed by atoms with Crippen molar-refractivity contribution in [3.8, 4) is 28.7 Å². The Labute approximate surface area is 638 Å². The molecule has 0 amide bonds. The molecule has 5 rings (SSSR count). The van der Waals surface area contributed by atoms with Crippen LogP contribution < -0.4 is 74.5 Å². The molecule has 0 saturated carbocycles. The zero-order valence-corrected chi connectivity index (χ0v) is 62.7. The van der Waals surface area contributed by atoms with Gasteiger partial charge < -0.3 is 169 Å². The van der Waals surface area contributed by atoms with E-state index in [0.717, 1.165) is 31.0 Å². The minimum atomic E-state index is -5.11. The van der Waals surface area contributed by atoms with Gasteiger partial charge in [-0.15, -0.1) is 0 Å². The van der Waals surface area contributed by atoms with E-state index < -0.39 is 102 Å². The fourth-order valence-corrected chi connectivity index (χ4v) is 6.72. The average Bonchev–Trinajstić information content (AvgIpc) is 0.867. The summed E-state index contributed by atoms with van der Waals surface area (Å²) in [5, 5.41) is 91.6. The van der Waals surface area contributed by atoms with E-state index in [1.54, 1.807) is 0 Å². The van der Waals surface area contributed by atoms with Gasteiger partial charge in [0.1, 0.15) is 58.6 Å². The molecule has 0 aliphatic heterocycles. The first kappa shape index (κ1) is 115. The first-order chi connectivity index (χ1) is 48.1. The third-order valence-electron chi connectivity index (χ3n) is 9.75. The smallest absolute Gasteiger partial charge is 0.790 e. The summed E-state index contributed by atoms with van der Waals surface area (Å²) in [5.41, 5.74) is 0.575. The molecule has 0 bridgehead atoms. The van der Waals surface area contributed by atoms with Crippen LogP contribution in [0.25, 0.3) is 0 Å². The van der Waals surface area contributed by atoms with Crippen molar-refractivity contribution in [2.24, 2.45) is 0 Å². The molecule has 5 aromatic rings. The van der Waals surface area contributed by atoms with Crippen LogP contribution in [0.5, 0.6) is 28.7 Å². The molecule has 5 aromatic heterocycles. The Morgan fingerprint density at radius 3 is 0.472 bits per heavy atom. The Hall–Kier alpha value is -8.90. The Morgan fingerprint density at radius 1 is 0.296 bits per heavy atom. The zero-order valence-electron chi connectivity index (χ0n) is 54.1. The zero-order chi connectivity index (χ0) is 83.1. The Bertz CT molecular complexity index is 3520. The average molecular weight is 1740 g/mol. The normalized spacial score (nSPS) is 9.95. The van der Waals surface area contributed by atoms with Crippen LogP contribution in [0.15, 0.2) is 31.0 Å². The molecule has 0 aromatic carbocycles. The summed E-state index contributed by atoms with van der Waals surface area (Å²) < 4.78 is 71.1. The van der Waals surface area contributed by atoms with Crippen LogP contribution in [-0.4, -0.2) is 143 Å². The number of aliphatic carboxylic acids is 5. The number of nitrogens with zero attached hydrogens (tertiary/aromatic N) is 5. The van der Waals surface area contributed by atoms with Gasteiger partial charge in [0.2, 0.25) is 0 Å². The van der Waals surface area contributed by atoms with Crippen LogP contribution in [0.3, 0.4) is 0 Å². The predicted molar refractivity (Wildman–Crippen MR) is 297 cm³/mol. The van der Waals surface area contributed by atoms with E-state index in [4.69, 9.17) is 73.5 Å². The van der Waals surface area contributed by atoms with Crippen LogP contribution in [0.4, 0.5) is 0 Å². The van der Waals surface area contributed by atoms with Crippen molar-refractivity contribution in [1.82, 2.24) is 24.9 Å². The molecule has 0 radical (unpaired) electrons. The minimum absolute atomic E-state index is 0. The van der Waals surface area contributed by atoms with E-state index >= 15 is 0 Å². The molecule has 0 aliphatic rings. The number of hydrogen-bond donors (Lipinski definition) is 5. The van der Waals surface area contributed by atoms with E-state index in [1.807, 2.05) is 0 Å². The number of aldehydes is 10. The van der Waals surface area contributed by atoms with Gasteiger partial charge >= 0.3 is 55.7 Å². The summed E-state index contributed by atoms with van der Waals surface area (Å²) in [6, 6.07) is 0. The number of pyridine rings is 5. The standard InChI is InChI=1S/5C8H10NO6P.5C2H2O3.3V/c5*1-5-8(11)7(3-10)6(2-9-5)4-15-16(12,13)14;5*3-1-2(4)5;;;/h5*2-3,11H,4H2,1H3,(H2,12,13,14);5*1H,(H,4,5);;;/q;;;;;;;;;;3*+5/p-15. The van der Waals surface area contributed by atoms with E-state index in [2.05, 4.69) is 47.5 Å². The number of carbonyl (C=O) groups is 15. The van der Waals surface area contributed by atoms with Gasteiger partial charge in [0, 0.05) is 58.8 Å². The van der Waals surface area contributed by atoms with Gasteiger partial charge in [-0.25, -0.2) is 0 Å². The number of aryl methyl sites for hydroxylation is 5. The van der Waals surface area contributed by atoms with Crippen LogP contribution in [0.1, 0.15) is 108 Å². The second kappa shape index (κ2) is 58.2. The summed E-state index contributed by atoms with van der Waals surface area (Å²) >= 11 is 0. The fourth-order valence-electron chi connectivity index (χ4n) is 5.24. The molecular weight excluding hydrogens is 1700 g/mol. The first-order valence-electron chi connectivity index (χ1n) is 25.4. The largest absolute Gasteiger partial charge is 5.00 e. The van der Waals surface area contributed by atoms with Crippen LogP contribution in [0, 0.1) is 34.6 Å². The molecule has 108 heavy (non-hydrogen) atoms. The molecule has 0 unspecified atom stereocenters. The fraction of sp³-hybridized carbons (Fsp3) is 0.200. The Morgan fingerprint density at radius 2 is 0.398 bits per heavy atom. The Kier molecular flexibility index (Phi) is 61.9. The quantitative estimate of drug-likeness (QED) is 0.0206. The first-order valence-corrected chi connectivity index (χ1v) is 32.7. The number of rotatable bonds is 25. The van der Waals surface area contributed by atoms with Crippen molar-refractivity contribution >= 4 is 132 Å². The van der Waals surface area contributed by atoms with Gasteiger partial charge in [-0.1, -0.05) is 0 Å². The van der Waals surface area contributed by atoms with E-state index in [9.17, 15) is 121 Å². The maximum atomic E-state index is 10.7. The SMILES string of the molecule is Cc1ncc(COP(=O)([O-])[O-])c(C=O)c1O.Cc1ncc(COP(=O)([O-])[O-])c(C=O)c1O.Cc1ncc(COP(=O)([O-])[O-])c(C=O)c1O.Cc1ncc(COP(=O)([O-])[O-])c(C=O)c1O.Cc1ncc(COP(=O)([O-])[O-])c(C=O)c1O.O=CC(=O)[O-].O=CC(=O)[O-].O=CC(=O)[O-].O=CC(=O)[O-].O=CC(=O)[O-].[V+5].[V+5].[V+5]. The molecule has 580 valence electrons. The molecular formula is C50H45N5O45P5V3. The summed E-state index contributed by atoms with van der Waals surface area (Å²) in [5.74, 6) is -10.2. The summed E-state index contributed by atoms with van der Waals surface area (Å²) in [7, 11) is -25.6. The molecule has 50 nitrogen and oxygen atoms in total. The van der Waals surface area contributed by atoms with Crippen molar-refractivity contribution in [2.45, 2.75) is 67.7 Å². The maximum absolute atomic E-state index is 10.7. The van der Waals surface area contributed by atoms with Gasteiger partial charge in [-0.3, -0.25) is 72.9 Å². The number of carboxylic acids is 5. The third-order valence-corrected chi connectivity index (χ3v) is 12.0. The molecule has 0 saturated heterocycles. The molecule has 0 fully saturated rings. The number of carboxylic acid groups (broad SMARTS) is 5. The second-order valence-corrected chi connectivity index (χ2v) is 22.8. The minimum Gasteiger partial charge on any atom is -0.790 e. The van der Waals surface area contributed by atoms with Gasteiger partial charge in [0.15, 0.2) is 62.9 Å². The van der Waals surface area contributed by atoms with Crippen molar-refractivity contribution in [3.05, 3.63) is 115 Å². The number of carbonyl (C=O) groups excluding carboxylic acids is 15. The summed E-state index contributed by atoms with van der Waals surface area (Å²) in [4.78, 5) is 263. The number of aromatic nitrogens is 5. The summed E-state index contributed by atoms with van der Waals surface area (Å²) in [6.07, 6.45) is 6.10. The number of phosphoric acid groups is 5. The monoisotopic (exact) mass is 1740 g/mol. The number of aromatic hydroxyl groups is 5. The molecule has 0 atom stereocenters. The van der Waals surface area contributed by atoms with Gasteiger partial charge in [0.25, 0.3) is 0 Å². The van der Waals surface area contributed by atoms with Crippen molar-refractivity contribution < 1.29 is 273 Å². The molecule has 5 N–H and O–H groups in total. The molecule has 58 heteroatoms. The molecule has 0 spiro atoms. The van der Waals surface area contributed by atoms with Gasteiger partial charge in [-0.2, -0.15) is 0 Å². The van der Waals surface area contributed by atoms with Crippen LogP contribution >= 0.6 is 39.1 Å². The summed E-state index contributed by atoms with van der Waals surface area (Å²) in [6.45, 7) is 4.23. The number of hydrogen-bond acceptors (Lipinski definition) is 50. The molecule has 0 aliphatic carbocycles. The topological polar surface area (TPSA) is 899 Å². The number of phosphoric ester groups is 5. The van der Waals surface area contributed by atoms with Gasteiger partial charge in [0.05, 0.1) is 128 Å². The van der Waals surface area contributed by atoms with E-state index in [-0.39, 0.29) is 200 Å². The van der Waals surface area contributed by atoms with Crippen molar-refractivity contribution in [2.75, 3.05) is 0 Å². The van der Waals surface area contributed by atoms with Crippen LogP contribution in [-0.2, 0) is 182 Å². The Balaban J connectivity index is -0.000000177. The predicted octanol–water partition coefficient (Wildman–Crippen LogP) is -14.1. The third kappa shape index (κ3) is 56.4. The van der Waals surface area contributed by atoms with Crippen molar-refractivity contribution in [3.63, 3.8) is 0 Å². The van der Waals surface area contributed by atoms with E-state index in [1.165, 1.54) is 34.6 Å². The second-order valence-electron chi connectivity index (χ2n) is 17.0. The maximum Gasteiger partial charge on any atom is 5.00 e. The van der Waals surface area contributed by atoms with Crippen LogP contribution in [0.2, 0.25) is 0 Å². The van der Waals surface area contributed by atoms with Gasteiger partial charge in [-0.05, 0) is 34.6 Å².